The minimum atomic E-state index is -0.272. The molecule has 22 heavy (non-hydrogen) atoms. The van der Waals surface area contributed by atoms with E-state index in [1.165, 1.54) is 18.4 Å². The maximum Gasteiger partial charge on any atom is 0.341 e. The molecule has 2 rings (SSSR count). The summed E-state index contributed by atoms with van der Waals surface area (Å²) in [5.41, 5.74) is 1.82. The maximum atomic E-state index is 12.2. The summed E-state index contributed by atoms with van der Waals surface area (Å²) in [5, 5.41) is 7.87. The number of rotatable bonds is 5. The summed E-state index contributed by atoms with van der Waals surface area (Å²) in [6.45, 7) is 4.26. The summed E-state index contributed by atoms with van der Waals surface area (Å²) >= 11 is 7.02. The van der Waals surface area contributed by atoms with Crippen molar-refractivity contribution in [1.29, 1.82) is 0 Å². The summed E-state index contributed by atoms with van der Waals surface area (Å²) in [6.07, 6.45) is 6.47. The van der Waals surface area contributed by atoms with Gasteiger partial charge in [0.1, 0.15) is 5.00 Å². The Morgan fingerprint density at radius 3 is 2.82 bits per heavy atom. The van der Waals surface area contributed by atoms with Gasteiger partial charge in [0.15, 0.2) is 5.11 Å². The molecule has 1 aromatic heterocycles. The molecule has 1 aromatic rings. The summed E-state index contributed by atoms with van der Waals surface area (Å²) in [4.78, 5) is 13.4. The lowest BCUT2D eigenvalue weighted by Gasteiger charge is -2.16. The Balaban J connectivity index is 2.17. The molecule has 2 N–H and O–H groups in total. The van der Waals surface area contributed by atoms with Crippen LogP contribution in [0.4, 0.5) is 5.00 Å². The second-order valence-electron chi connectivity index (χ2n) is 5.69. The minimum absolute atomic E-state index is 0.272. The van der Waals surface area contributed by atoms with Crippen LogP contribution in [0.3, 0.4) is 0 Å². The average molecular weight is 341 g/mol. The van der Waals surface area contributed by atoms with Crippen molar-refractivity contribution in [2.45, 2.75) is 58.4 Å². The Labute approximate surface area is 141 Å². The van der Waals surface area contributed by atoms with Crippen LogP contribution in [-0.2, 0) is 17.6 Å². The zero-order valence-electron chi connectivity index (χ0n) is 13.5. The van der Waals surface area contributed by atoms with Crippen molar-refractivity contribution in [3.8, 4) is 0 Å². The smallest absolute Gasteiger partial charge is 0.341 e. The molecule has 0 fully saturated rings. The van der Waals surface area contributed by atoms with E-state index in [-0.39, 0.29) is 5.97 Å². The Morgan fingerprint density at radius 2 is 2.14 bits per heavy atom. The molecular weight excluding hydrogens is 316 g/mol. The van der Waals surface area contributed by atoms with E-state index in [9.17, 15) is 4.79 Å². The number of esters is 1. The molecule has 0 spiro atoms. The fraction of sp³-hybridized carbons (Fsp3) is 0.625. The summed E-state index contributed by atoms with van der Waals surface area (Å²) in [7, 11) is 1.43. The van der Waals surface area contributed by atoms with E-state index in [1.54, 1.807) is 11.3 Å². The van der Waals surface area contributed by atoms with Crippen LogP contribution in [0.2, 0.25) is 0 Å². The molecule has 6 heteroatoms. The lowest BCUT2D eigenvalue weighted by Crippen LogP contribution is -2.35. The van der Waals surface area contributed by atoms with Gasteiger partial charge in [-0.25, -0.2) is 4.79 Å². The monoisotopic (exact) mass is 340 g/mol. The third kappa shape index (κ3) is 3.98. The highest BCUT2D eigenvalue weighted by Gasteiger charge is 2.26. The number of nitrogens with one attached hydrogen (secondary N) is 2. The van der Waals surface area contributed by atoms with Gasteiger partial charge >= 0.3 is 5.97 Å². The number of anilines is 1. The normalized spacial score (nSPS) is 14.9. The first-order valence-electron chi connectivity index (χ1n) is 7.87. The van der Waals surface area contributed by atoms with Crippen LogP contribution in [0.15, 0.2) is 0 Å². The molecule has 1 aliphatic rings. The number of carbonyl (C=O) groups excluding carboxylic acids is 1. The van der Waals surface area contributed by atoms with Gasteiger partial charge in [-0.3, -0.25) is 0 Å². The Kier molecular flexibility index (Phi) is 6.20. The first-order valence-corrected chi connectivity index (χ1v) is 9.09. The van der Waals surface area contributed by atoms with Crippen molar-refractivity contribution in [1.82, 2.24) is 5.32 Å². The van der Waals surface area contributed by atoms with E-state index in [0.29, 0.717) is 16.7 Å². The quantitative estimate of drug-likeness (QED) is 0.629. The van der Waals surface area contributed by atoms with Crippen molar-refractivity contribution in [3.63, 3.8) is 0 Å². The molecule has 0 amide bonds. The lowest BCUT2D eigenvalue weighted by atomic mass is 9.95. The van der Waals surface area contributed by atoms with E-state index in [1.807, 2.05) is 0 Å². The number of aryl methyl sites for hydroxylation is 1. The number of thiocarbonyl (C=S) groups is 1. The molecule has 122 valence electrons. The second kappa shape index (κ2) is 7.92. The fourth-order valence-electron chi connectivity index (χ4n) is 2.84. The number of hydrogen-bond donors (Lipinski definition) is 2. The molecule has 1 atom stereocenters. The fourth-order valence-corrected chi connectivity index (χ4v) is 4.49. The lowest BCUT2D eigenvalue weighted by molar-refractivity contribution is 0.0601. The van der Waals surface area contributed by atoms with Crippen LogP contribution in [-0.4, -0.2) is 24.2 Å². The Hall–Kier alpha value is -1.14. The number of carbonyl (C=O) groups is 1. The average Bonchev–Trinajstić information content (AvgIpc) is 2.84. The first-order chi connectivity index (χ1) is 10.6. The molecule has 1 heterocycles. The van der Waals surface area contributed by atoms with E-state index in [0.717, 1.165) is 42.7 Å². The number of methoxy groups -OCH3 is 1. The summed E-state index contributed by atoms with van der Waals surface area (Å²) < 4.78 is 4.97. The summed E-state index contributed by atoms with van der Waals surface area (Å²) in [6, 6.07) is 0.321. The summed E-state index contributed by atoms with van der Waals surface area (Å²) in [5.74, 6) is -0.272. The number of ether oxygens (including phenoxy) is 1. The highest BCUT2D eigenvalue weighted by atomic mass is 32.1. The zero-order valence-corrected chi connectivity index (χ0v) is 15.1. The molecular formula is C16H24N2O2S2. The molecule has 0 aromatic carbocycles. The van der Waals surface area contributed by atoms with Crippen LogP contribution in [0, 0.1) is 0 Å². The molecule has 1 unspecified atom stereocenters. The van der Waals surface area contributed by atoms with Crippen molar-refractivity contribution in [2.75, 3.05) is 12.4 Å². The van der Waals surface area contributed by atoms with Gasteiger partial charge in [0, 0.05) is 10.9 Å². The topological polar surface area (TPSA) is 50.4 Å². The van der Waals surface area contributed by atoms with Gasteiger partial charge in [-0.15, -0.1) is 11.3 Å². The Bertz CT molecular complexity index is 555. The van der Waals surface area contributed by atoms with Crippen molar-refractivity contribution < 1.29 is 9.53 Å². The standard InChI is InChI=1S/C16H24N2O2S2/c1-4-7-10(2)17-16(21)18-14-13(15(19)20-3)11-8-5-6-9-12(11)22-14/h10H,4-9H2,1-3H3,(H2,17,18,21). The molecule has 0 aliphatic heterocycles. The van der Waals surface area contributed by atoms with Gasteiger partial charge in [-0.05, 0) is 56.8 Å². The highest BCUT2D eigenvalue weighted by molar-refractivity contribution is 7.80. The first kappa shape index (κ1) is 17.2. The predicted molar refractivity (Wildman–Crippen MR) is 96.0 cm³/mol. The van der Waals surface area contributed by atoms with Crippen LogP contribution in [0.1, 0.15) is 60.3 Å². The van der Waals surface area contributed by atoms with Crippen LogP contribution in [0.5, 0.6) is 0 Å². The second-order valence-corrected chi connectivity index (χ2v) is 7.21. The van der Waals surface area contributed by atoms with E-state index in [4.69, 9.17) is 17.0 Å². The van der Waals surface area contributed by atoms with Crippen molar-refractivity contribution in [2.24, 2.45) is 0 Å². The van der Waals surface area contributed by atoms with Gasteiger partial charge in [0.05, 0.1) is 12.7 Å². The van der Waals surface area contributed by atoms with Gasteiger partial charge in [-0.1, -0.05) is 13.3 Å². The molecule has 0 radical (unpaired) electrons. The molecule has 0 saturated heterocycles. The SMILES string of the molecule is CCCC(C)NC(=S)Nc1sc2c(c1C(=O)OC)CCCC2. The number of thiophene rings is 1. The van der Waals surface area contributed by atoms with Crippen molar-refractivity contribution >= 4 is 39.6 Å². The van der Waals surface area contributed by atoms with E-state index < -0.39 is 0 Å². The van der Waals surface area contributed by atoms with E-state index in [2.05, 4.69) is 24.5 Å². The van der Waals surface area contributed by atoms with E-state index >= 15 is 0 Å². The molecule has 4 nitrogen and oxygen atoms in total. The third-order valence-electron chi connectivity index (χ3n) is 3.89. The number of hydrogen-bond acceptors (Lipinski definition) is 4. The zero-order chi connectivity index (χ0) is 16.1. The van der Waals surface area contributed by atoms with Crippen molar-refractivity contribution in [3.05, 3.63) is 16.0 Å². The Morgan fingerprint density at radius 1 is 1.41 bits per heavy atom. The van der Waals surface area contributed by atoms with Crippen LogP contribution < -0.4 is 10.6 Å². The predicted octanol–water partition coefficient (Wildman–Crippen LogP) is 3.89. The van der Waals surface area contributed by atoms with Crippen LogP contribution in [0.25, 0.3) is 0 Å². The minimum Gasteiger partial charge on any atom is -0.465 e. The maximum absolute atomic E-state index is 12.2. The largest absolute Gasteiger partial charge is 0.465 e. The van der Waals surface area contributed by atoms with Crippen LogP contribution >= 0.6 is 23.6 Å². The highest BCUT2D eigenvalue weighted by Crippen LogP contribution is 2.38. The van der Waals surface area contributed by atoms with Gasteiger partial charge in [0.2, 0.25) is 0 Å². The number of fused-ring (bicyclic) bond motifs is 1. The van der Waals surface area contributed by atoms with Gasteiger partial charge in [-0.2, -0.15) is 0 Å². The third-order valence-corrected chi connectivity index (χ3v) is 5.31. The molecule has 1 aliphatic carbocycles. The van der Waals surface area contributed by atoms with Gasteiger partial charge in [0.25, 0.3) is 0 Å². The molecule has 0 bridgehead atoms. The van der Waals surface area contributed by atoms with Gasteiger partial charge < -0.3 is 15.4 Å². The molecule has 0 saturated carbocycles.